The zero-order chi connectivity index (χ0) is 7.41. The summed E-state index contributed by atoms with van der Waals surface area (Å²) in [4.78, 5) is 0. The summed E-state index contributed by atoms with van der Waals surface area (Å²) in [6.07, 6.45) is 2.43. The van der Waals surface area contributed by atoms with Crippen LogP contribution in [0.5, 0.6) is 0 Å². The van der Waals surface area contributed by atoms with Gasteiger partial charge in [-0.15, -0.1) is 0 Å². The van der Waals surface area contributed by atoms with E-state index in [1.54, 1.807) is 0 Å². The molecule has 1 saturated heterocycles. The van der Waals surface area contributed by atoms with Crippen molar-refractivity contribution in [3.63, 3.8) is 0 Å². The molecule has 2 N–H and O–H groups in total. The van der Waals surface area contributed by atoms with Crippen molar-refractivity contribution in [2.24, 2.45) is 5.92 Å². The first-order valence-electron chi connectivity index (χ1n) is 4.04. The molecular weight excluding hydrogens is 126 g/mol. The van der Waals surface area contributed by atoms with Crippen molar-refractivity contribution >= 4 is 0 Å². The fourth-order valence-electron chi connectivity index (χ4n) is 2.33. The predicted octanol–water partition coefficient (Wildman–Crippen LogP) is 0.509. The van der Waals surface area contributed by atoms with Gasteiger partial charge in [-0.05, 0) is 39.2 Å². The van der Waals surface area contributed by atoms with Crippen molar-refractivity contribution < 1.29 is 5.11 Å². The molecule has 1 saturated carbocycles. The van der Waals surface area contributed by atoms with Crippen LogP contribution in [0.15, 0.2) is 0 Å². The summed E-state index contributed by atoms with van der Waals surface area (Å²) in [5, 5.41) is 13.2. The summed E-state index contributed by atoms with van der Waals surface area (Å²) in [7, 11) is 0. The Morgan fingerprint density at radius 2 is 2.30 bits per heavy atom. The van der Waals surface area contributed by atoms with Crippen molar-refractivity contribution in [3.8, 4) is 0 Å². The molecule has 2 nitrogen and oxygen atoms in total. The summed E-state index contributed by atoms with van der Waals surface area (Å²) in [5.74, 6) is 0.757. The molecule has 2 heteroatoms. The Morgan fingerprint density at radius 1 is 1.60 bits per heavy atom. The van der Waals surface area contributed by atoms with Gasteiger partial charge in [0.2, 0.25) is 0 Å². The number of hydrogen-bond acceptors (Lipinski definition) is 2. The molecule has 2 rings (SSSR count). The monoisotopic (exact) mass is 141 g/mol. The fraction of sp³-hybridized carbons (Fsp3) is 1.00. The highest BCUT2D eigenvalue weighted by Crippen LogP contribution is 2.55. The van der Waals surface area contributed by atoms with E-state index in [9.17, 15) is 5.11 Å². The van der Waals surface area contributed by atoms with Gasteiger partial charge in [0.1, 0.15) is 0 Å². The summed E-state index contributed by atoms with van der Waals surface area (Å²) >= 11 is 0. The lowest BCUT2D eigenvalue weighted by Crippen LogP contribution is -2.47. The van der Waals surface area contributed by atoms with Crippen LogP contribution in [0.2, 0.25) is 0 Å². The van der Waals surface area contributed by atoms with Gasteiger partial charge in [-0.1, -0.05) is 0 Å². The van der Waals surface area contributed by atoms with Gasteiger partial charge in [0.25, 0.3) is 0 Å². The van der Waals surface area contributed by atoms with Crippen molar-refractivity contribution in [2.75, 3.05) is 6.54 Å². The lowest BCUT2D eigenvalue weighted by atomic mass is 9.95. The number of rotatable bonds is 1. The van der Waals surface area contributed by atoms with Crippen LogP contribution in [0.1, 0.15) is 26.7 Å². The molecule has 0 amide bonds. The van der Waals surface area contributed by atoms with Gasteiger partial charge in [0.05, 0.1) is 5.60 Å². The van der Waals surface area contributed by atoms with E-state index in [-0.39, 0.29) is 5.54 Å². The van der Waals surface area contributed by atoms with Crippen LogP contribution in [-0.2, 0) is 0 Å². The SMILES string of the molecule is CC(C)(O)C12CC1CCN2. The second kappa shape index (κ2) is 1.56. The molecule has 0 aromatic carbocycles. The highest BCUT2D eigenvalue weighted by Gasteiger charge is 2.64. The lowest BCUT2D eigenvalue weighted by Gasteiger charge is -2.28. The normalized spacial score (nSPS) is 45.3. The Morgan fingerprint density at radius 3 is 2.50 bits per heavy atom. The predicted molar refractivity (Wildman–Crippen MR) is 39.8 cm³/mol. The molecular formula is C8H15NO. The lowest BCUT2D eigenvalue weighted by molar-refractivity contribution is 0.0276. The van der Waals surface area contributed by atoms with Gasteiger partial charge in [-0.25, -0.2) is 0 Å². The molecule has 0 bridgehead atoms. The summed E-state index contributed by atoms with van der Waals surface area (Å²) < 4.78 is 0. The Kier molecular flexibility index (Phi) is 1.03. The molecule has 1 heterocycles. The summed E-state index contributed by atoms with van der Waals surface area (Å²) in [6, 6.07) is 0. The maximum absolute atomic E-state index is 9.76. The Bertz CT molecular complexity index is 161. The zero-order valence-electron chi connectivity index (χ0n) is 6.65. The van der Waals surface area contributed by atoms with Crippen LogP contribution in [0.25, 0.3) is 0 Å². The van der Waals surface area contributed by atoms with Crippen molar-refractivity contribution in [3.05, 3.63) is 0 Å². The molecule has 0 aromatic heterocycles. The van der Waals surface area contributed by atoms with E-state index in [1.807, 2.05) is 13.8 Å². The number of hydrogen-bond donors (Lipinski definition) is 2. The van der Waals surface area contributed by atoms with E-state index in [0.29, 0.717) is 0 Å². The topological polar surface area (TPSA) is 32.3 Å². The van der Waals surface area contributed by atoms with E-state index in [1.165, 1.54) is 12.8 Å². The molecule has 2 fully saturated rings. The van der Waals surface area contributed by atoms with Crippen LogP contribution in [-0.4, -0.2) is 22.8 Å². The van der Waals surface area contributed by atoms with Gasteiger partial charge in [0, 0.05) is 5.54 Å². The zero-order valence-corrected chi connectivity index (χ0v) is 6.65. The van der Waals surface area contributed by atoms with E-state index in [4.69, 9.17) is 0 Å². The van der Waals surface area contributed by atoms with Gasteiger partial charge < -0.3 is 10.4 Å². The van der Waals surface area contributed by atoms with Gasteiger partial charge in [-0.3, -0.25) is 0 Å². The third-order valence-electron chi connectivity index (χ3n) is 3.13. The smallest absolute Gasteiger partial charge is 0.0775 e. The first kappa shape index (κ1) is 6.62. The number of aliphatic hydroxyl groups is 1. The molecule has 2 aliphatic rings. The minimum Gasteiger partial charge on any atom is -0.389 e. The van der Waals surface area contributed by atoms with Crippen LogP contribution < -0.4 is 5.32 Å². The number of nitrogens with one attached hydrogen (secondary N) is 1. The minimum atomic E-state index is -0.520. The van der Waals surface area contributed by atoms with Crippen molar-refractivity contribution in [1.82, 2.24) is 5.32 Å². The molecule has 0 radical (unpaired) electrons. The highest BCUT2D eigenvalue weighted by atomic mass is 16.3. The molecule has 0 aromatic rings. The molecule has 0 spiro atoms. The minimum absolute atomic E-state index is 0.104. The van der Waals surface area contributed by atoms with Crippen molar-refractivity contribution in [2.45, 2.75) is 37.8 Å². The van der Waals surface area contributed by atoms with Crippen LogP contribution in [0.3, 0.4) is 0 Å². The maximum atomic E-state index is 9.76. The van der Waals surface area contributed by atoms with Gasteiger partial charge >= 0.3 is 0 Å². The second-order valence-corrected chi connectivity index (χ2v) is 4.15. The molecule has 2 atom stereocenters. The third kappa shape index (κ3) is 0.611. The van der Waals surface area contributed by atoms with Crippen LogP contribution in [0.4, 0.5) is 0 Å². The quantitative estimate of drug-likeness (QED) is 0.557. The fourth-order valence-corrected chi connectivity index (χ4v) is 2.33. The summed E-state index contributed by atoms with van der Waals surface area (Å²) in [6.45, 7) is 4.91. The van der Waals surface area contributed by atoms with Crippen molar-refractivity contribution in [1.29, 1.82) is 0 Å². The van der Waals surface area contributed by atoms with E-state index >= 15 is 0 Å². The molecule has 1 aliphatic heterocycles. The second-order valence-electron chi connectivity index (χ2n) is 4.15. The number of fused-ring (bicyclic) bond motifs is 1. The van der Waals surface area contributed by atoms with Gasteiger partial charge in [-0.2, -0.15) is 0 Å². The molecule has 58 valence electrons. The van der Waals surface area contributed by atoms with Crippen LogP contribution in [0, 0.1) is 5.92 Å². The largest absolute Gasteiger partial charge is 0.389 e. The highest BCUT2D eigenvalue weighted by molar-refractivity contribution is 5.21. The molecule has 1 aliphatic carbocycles. The van der Waals surface area contributed by atoms with E-state index in [0.717, 1.165) is 12.5 Å². The van der Waals surface area contributed by atoms with Crippen LogP contribution >= 0.6 is 0 Å². The first-order chi connectivity index (χ1) is 4.56. The maximum Gasteiger partial charge on any atom is 0.0775 e. The third-order valence-corrected chi connectivity index (χ3v) is 3.13. The Hall–Kier alpha value is -0.0800. The van der Waals surface area contributed by atoms with E-state index in [2.05, 4.69) is 5.32 Å². The standard InChI is InChI=1S/C8H15NO/c1-7(2,10)8-5-6(8)3-4-9-8/h6,9-10H,3-5H2,1-2H3. The average Bonchev–Trinajstić information content (AvgIpc) is 2.36. The average molecular weight is 141 g/mol. The first-order valence-corrected chi connectivity index (χ1v) is 4.04. The molecule has 10 heavy (non-hydrogen) atoms. The molecule has 2 unspecified atom stereocenters. The number of piperidine rings is 1. The summed E-state index contributed by atoms with van der Waals surface area (Å²) in [5.41, 5.74) is -0.416. The Labute approximate surface area is 61.6 Å². The van der Waals surface area contributed by atoms with Gasteiger partial charge in [0.15, 0.2) is 0 Å². The Balaban J connectivity index is 2.18. The van der Waals surface area contributed by atoms with E-state index < -0.39 is 5.60 Å².